The number of hydrogen-bond acceptors (Lipinski definition) is 6. The number of nitrogens with zero attached hydrogens (tertiary/aromatic N) is 7. The van der Waals surface area contributed by atoms with Gasteiger partial charge in [-0.1, -0.05) is 98.1 Å². The number of imidazole rings is 1. The van der Waals surface area contributed by atoms with Crippen LogP contribution in [0.25, 0.3) is 33.7 Å². The molecule has 6 aromatic rings. The van der Waals surface area contributed by atoms with Crippen molar-refractivity contribution < 1.29 is 0 Å². The highest BCUT2D eigenvalue weighted by Crippen LogP contribution is 2.36. The molecule has 10 heteroatoms. The van der Waals surface area contributed by atoms with Gasteiger partial charge in [0, 0.05) is 24.6 Å². The molecule has 8 rings (SSSR count). The number of aromatic nitrogens is 8. The Bertz CT molecular complexity index is 2140. The Hall–Kier alpha value is -5.12. The maximum Gasteiger partial charge on any atom is 0.333 e. The van der Waals surface area contributed by atoms with Crippen LogP contribution in [0.3, 0.4) is 0 Å². The zero-order valence-electron chi connectivity index (χ0n) is 26.5. The number of benzene rings is 3. The predicted octanol–water partition coefficient (Wildman–Crippen LogP) is 6.32. The van der Waals surface area contributed by atoms with E-state index >= 15 is 0 Å². The molecule has 0 spiro atoms. The van der Waals surface area contributed by atoms with Crippen LogP contribution >= 0.6 is 0 Å². The number of H-pyrrole nitrogens is 1. The van der Waals surface area contributed by atoms with Crippen LogP contribution < -0.4 is 11.2 Å². The van der Waals surface area contributed by atoms with E-state index in [0.29, 0.717) is 36.0 Å². The van der Waals surface area contributed by atoms with Crippen LogP contribution in [0.4, 0.5) is 0 Å². The fraction of sp³-hybridized carbons (Fsp3) is 0.351. The van der Waals surface area contributed by atoms with Crippen molar-refractivity contribution in [1.29, 1.82) is 0 Å². The van der Waals surface area contributed by atoms with Crippen molar-refractivity contribution in [3.05, 3.63) is 117 Å². The molecule has 238 valence electrons. The maximum absolute atomic E-state index is 14.6. The fourth-order valence-electron chi connectivity index (χ4n) is 7.23. The topological polar surface area (TPSA) is 116 Å². The van der Waals surface area contributed by atoms with Crippen molar-refractivity contribution in [2.75, 3.05) is 0 Å². The van der Waals surface area contributed by atoms with Gasteiger partial charge in [-0.25, -0.2) is 9.78 Å². The van der Waals surface area contributed by atoms with Gasteiger partial charge in [0.2, 0.25) is 5.82 Å². The summed E-state index contributed by atoms with van der Waals surface area (Å²) in [7, 11) is 0. The summed E-state index contributed by atoms with van der Waals surface area (Å²) in [5.41, 5.74) is 5.46. The van der Waals surface area contributed by atoms with Crippen molar-refractivity contribution in [3.8, 4) is 22.5 Å². The first kappa shape index (κ1) is 29.3. The van der Waals surface area contributed by atoms with E-state index in [1.165, 1.54) is 11.0 Å². The second kappa shape index (κ2) is 12.2. The van der Waals surface area contributed by atoms with Crippen LogP contribution in [-0.4, -0.2) is 39.3 Å². The molecule has 0 bridgehead atoms. The predicted molar refractivity (Wildman–Crippen MR) is 181 cm³/mol. The fourth-order valence-corrected chi connectivity index (χ4v) is 7.23. The van der Waals surface area contributed by atoms with Crippen LogP contribution in [0.15, 0.2) is 88.5 Å². The molecular weight excluding hydrogens is 588 g/mol. The van der Waals surface area contributed by atoms with Gasteiger partial charge in [0.25, 0.3) is 5.56 Å². The third-order valence-electron chi connectivity index (χ3n) is 9.99. The summed E-state index contributed by atoms with van der Waals surface area (Å²) in [5, 5.41) is 14.7. The van der Waals surface area contributed by atoms with Gasteiger partial charge in [-0.15, -0.1) is 10.2 Å². The number of tetrazole rings is 1. The monoisotopic (exact) mass is 626 g/mol. The van der Waals surface area contributed by atoms with Crippen LogP contribution in [0, 0.1) is 5.92 Å². The first-order valence-corrected chi connectivity index (χ1v) is 16.8. The summed E-state index contributed by atoms with van der Waals surface area (Å²) in [6.07, 6.45) is 7.78. The van der Waals surface area contributed by atoms with Gasteiger partial charge in [-0.05, 0) is 66.0 Å². The van der Waals surface area contributed by atoms with Gasteiger partial charge in [-0.3, -0.25) is 13.9 Å². The molecule has 3 aromatic heterocycles. The van der Waals surface area contributed by atoms with Gasteiger partial charge >= 0.3 is 5.69 Å². The lowest BCUT2D eigenvalue weighted by Crippen LogP contribution is -2.42. The SMILES string of the molecule is CC(c1ccccc1)n1c(=O)c2c(nc(C3CCCCC3)n2Cc2ccc(-c3ccccc3-c3nn[nH]n3)cc2)n(CC2CC2)c1=O. The van der Waals surface area contributed by atoms with Crippen LogP contribution in [0.5, 0.6) is 0 Å². The van der Waals surface area contributed by atoms with Crippen molar-refractivity contribution >= 4 is 11.2 Å². The third-order valence-corrected chi connectivity index (χ3v) is 9.99. The van der Waals surface area contributed by atoms with E-state index in [1.807, 2.05) is 55.5 Å². The molecule has 3 heterocycles. The molecule has 0 aliphatic heterocycles. The number of aromatic amines is 1. The van der Waals surface area contributed by atoms with E-state index in [4.69, 9.17) is 4.98 Å². The second-order valence-electron chi connectivity index (χ2n) is 13.1. The lowest BCUT2D eigenvalue weighted by molar-refractivity contribution is 0.419. The van der Waals surface area contributed by atoms with Gasteiger partial charge in [0.15, 0.2) is 11.2 Å². The lowest BCUT2D eigenvalue weighted by Gasteiger charge is -2.22. The molecule has 2 fully saturated rings. The number of hydrogen-bond donors (Lipinski definition) is 1. The first-order valence-electron chi connectivity index (χ1n) is 16.8. The smallest absolute Gasteiger partial charge is 0.317 e. The highest BCUT2D eigenvalue weighted by molar-refractivity contribution is 5.80. The zero-order chi connectivity index (χ0) is 31.9. The Balaban J connectivity index is 1.26. The van der Waals surface area contributed by atoms with Crippen molar-refractivity contribution in [2.24, 2.45) is 5.92 Å². The minimum absolute atomic E-state index is 0.251. The summed E-state index contributed by atoms with van der Waals surface area (Å²) < 4.78 is 5.39. The average Bonchev–Trinajstić information content (AvgIpc) is 3.61. The summed E-state index contributed by atoms with van der Waals surface area (Å²) in [4.78, 5) is 34.0. The Morgan fingerprint density at radius 3 is 2.26 bits per heavy atom. The molecule has 1 unspecified atom stereocenters. The van der Waals surface area contributed by atoms with E-state index in [9.17, 15) is 9.59 Å². The number of nitrogens with one attached hydrogen (secondary N) is 1. The van der Waals surface area contributed by atoms with Crippen LogP contribution in [0.1, 0.15) is 80.8 Å². The zero-order valence-corrected chi connectivity index (χ0v) is 26.5. The summed E-state index contributed by atoms with van der Waals surface area (Å²) in [5.74, 6) is 2.17. The van der Waals surface area contributed by atoms with Gasteiger partial charge in [0.1, 0.15) is 5.82 Å². The van der Waals surface area contributed by atoms with Gasteiger partial charge < -0.3 is 4.57 Å². The van der Waals surface area contributed by atoms with Crippen LogP contribution in [-0.2, 0) is 13.1 Å². The van der Waals surface area contributed by atoms with E-state index < -0.39 is 6.04 Å². The van der Waals surface area contributed by atoms with E-state index in [1.54, 1.807) is 4.57 Å². The van der Waals surface area contributed by atoms with Crippen LogP contribution in [0.2, 0.25) is 0 Å². The van der Waals surface area contributed by atoms with Gasteiger partial charge in [-0.2, -0.15) is 5.21 Å². The molecule has 2 aliphatic rings. The Kier molecular flexibility index (Phi) is 7.63. The number of rotatable bonds is 9. The van der Waals surface area contributed by atoms with Crippen molar-refractivity contribution in [1.82, 2.24) is 39.3 Å². The Morgan fingerprint density at radius 2 is 1.55 bits per heavy atom. The van der Waals surface area contributed by atoms with E-state index in [0.717, 1.165) is 72.2 Å². The normalized spacial score (nSPS) is 16.1. The van der Waals surface area contributed by atoms with Crippen molar-refractivity contribution in [2.45, 2.75) is 76.9 Å². The molecule has 3 aromatic carbocycles. The summed E-state index contributed by atoms with van der Waals surface area (Å²) in [6.45, 7) is 3.03. The first-order chi connectivity index (χ1) is 23.1. The lowest BCUT2D eigenvalue weighted by atomic mass is 9.88. The molecule has 2 aliphatic carbocycles. The largest absolute Gasteiger partial charge is 0.333 e. The highest BCUT2D eigenvalue weighted by Gasteiger charge is 2.31. The second-order valence-corrected chi connectivity index (χ2v) is 13.1. The summed E-state index contributed by atoms with van der Waals surface area (Å²) in [6, 6.07) is 25.9. The molecule has 1 atom stereocenters. The minimum Gasteiger partial charge on any atom is -0.317 e. The molecule has 2 saturated carbocycles. The molecule has 0 radical (unpaired) electrons. The van der Waals surface area contributed by atoms with E-state index in [2.05, 4.69) is 55.5 Å². The maximum atomic E-state index is 14.6. The molecule has 47 heavy (non-hydrogen) atoms. The number of fused-ring (bicyclic) bond motifs is 1. The Morgan fingerprint density at radius 1 is 0.830 bits per heavy atom. The molecule has 10 nitrogen and oxygen atoms in total. The molecule has 0 saturated heterocycles. The molecule has 1 N–H and O–H groups in total. The van der Waals surface area contributed by atoms with Crippen molar-refractivity contribution in [3.63, 3.8) is 0 Å². The van der Waals surface area contributed by atoms with Gasteiger partial charge in [0.05, 0.1) is 6.04 Å². The quantitative estimate of drug-likeness (QED) is 0.201. The third kappa shape index (κ3) is 5.51. The standard InChI is InChI=1S/C37H38N8O2/c1-24(27-10-4-2-5-11-27)45-36(46)32-35(44(37(45)47)23-25-16-17-25)38-34(29-12-6-3-7-13-29)43(32)22-26-18-20-28(21-19-26)30-14-8-9-15-31(30)33-39-41-42-40-33/h2,4-5,8-11,14-15,18-21,24-25,29H,3,6-7,12-13,16-17,22-23H2,1H3,(H,39,40,41,42). The van der Waals surface area contributed by atoms with E-state index in [-0.39, 0.29) is 17.2 Å². The highest BCUT2D eigenvalue weighted by atomic mass is 16.2. The molecule has 0 amide bonds. The molecular formula is C37H38N8O2. The Labute approximate surface area is 272 Å². The summed E-state index contributed by atoms with van der Waals surface area (Å²) >= 11 is 0. The average molecular weight is 627 g/mol. The minimum atomic E-state index is -0.411.